The molecule has 0 saturated heterocycles. The first kappa shape index (κ1) is 14.7. The third-order valence-electron chi connectivity index (χ3n) is 4.71. The fraction of sp³-hybridized carbons (Fsp3) is 0.667. The Morgan fingerprint density at radius 1 is 1.33 bits per heavy atom. The topological polar surface area (TPSA) is 30.5 Å². The molecule has 116 valence electrons. The Labute approximate surface area is 128 Å². The number of hydrogen-bond donors (Lipinski definition) is 1. The summed E-state index contributed by atoms with van der Waals surface area (Å²) in [6, 6.07) is 6.55. The molecule has 1 fully saturated rings. The van der Waals surface area contributed by atoms with Crippen molar-refractivity contribution in [2.45, 2.75) is 57.6 Å². The van der Waals surface area contributed by atoms with Crippen LogP contribution in [0.4, 0.5) is 0 Å². The van der Waals surface area contributed by atoms with Gasteiger partial charge in [0.1, 0.15) is 17.1 Å². The van der Waals surface area contributed by atoms with Crippen LogP contribution in [-0.4, -0.2) is 19.3 Å². The number of rotatable bonds is 4. The Hall–Kier alpha value is -1.22. The Balaban J connectivity index is 1.91. The Bertz CT molecular complexity index is 492. The van der Waals surface area contributed by atoms with Crippen molar-refractivity contribution in [3.8, 4) is 11.5 Å². The lowest BCUT2D eigenvalue weighted by Crippen LogP contribution is -2.41. The summed E-state index contributed by atoms with van der Waals surface area (Å²) in [4.78, 5) is 0. The van der Waals surface area contributed by atoms with Gasteiger partial charge in [-0.25, -0.2) is 0 Å². The third kappa shape index (κ3) is 2.89. The predicted octanol–water partition coefficient (Wildman–Crippen LogP) is 4.08. The molecule has 0 amide bonds. The second-order valence-electron chi connectivity index (χ2n) is 6.91. The number of hydrogen-bond acceptors (Lipinski definition) is 3. The van der Waals surface area contributed by atoms with E-state index in [2.05, 4.69) is 37.4 Å². The van der Waals surface area contributed by atoms with Gasteiger partial charge in [-0.05, 0) is 50.8 Å². The number of ether oxygens (including phenoxy) is 2. The normalized spacial score (nSPS) is 23.1. The third-order valence-corrected chi connectivity index (χ3v) is 4.71. The van der Waals surface area contributed by atoms with E-state index in [-0.39, 0.29) is 5.60 Å². The van der Waals surface area contributed by atoms with Crippen LogP contribution in [0.1, 0.15) is 57.6 Å². The van der Waals surface area contributed by atoms with E-state index in [0.29, 0.717) is 12.0 Å². The summed E-state index contributed by atoms with van der Waals surface area (Å²) < 4.78 is 12.5. The molecule has 1 spiro atoms. The van der Waals surface area contributed by atoms with Crippen molar-refractivity contribution in [3.63, 3.8) is 0 Å². The zero-order valence-corrected chi connectivity index (χ0v) is 13.4. The van der Waals surface area contributed by atoms with Crippen LogP contribution >= 0.6 is 0 Å². The summed E-state index contributed by atoms with van der Waals surface area (Å²) in [6.45, 7) is 5.10. The van der Waals surface area contributed by atoms with E-state index in [1.54, 1.807) is 0 Å². The molecule has 0 bridgehead atoms. The van der Waals surface area contributed by atoms with Crippen LogP contribution in [0.25, 0.3) is 0 Å². The maximum absolute atomic E-state index is 6.44. The van der Waals surface area contributed by atoms with Gasteiger partial charge in [0.05, 0.1) is 12.2 Å². The summed E-state index contributed by atoms with van der Waals surface area (Å²) in [7, 11) is 2.04. The van der Waals surface area contributed by atoms with Gasteiger partial charge in [0.15, 0.2) is 0 Å². The van der Waals surface area contributed by atoms with E-state index < -0.39 is 0 Å². The molecule has 1 N–H and O–H groups in total. The van der Waals surface area contributed by atoms with Gasteiger partial charge in [-0.1, -0.05) is 19.9 Å². The fourth-order valence-electron chi connectivity index (χ4n) is 3.66. The van der Waals surface area contributed by atoms with Crippen molar-refractivity contribution in [1.29, 1.82) is 0 Å². The van der Waals surface area contributed by atoms with Crippen molar-refractivity contribution >= 4 is 0 Å². The van der Waals surface area contributed by atoms with Gasteiger partial charge >= 0.3 is 0 Å². The van der Waals surface area contributed by atoms with E-state index in [1.165, 1.54) is 31.2 Å². The van der Waals surface area contributed by atoms with Crippen LogP contribution in [0.15, 0.2) is 18.2 Å². The van der Waals surface area contributed by atoms with Crippen molar-refractivity contribution in [3.05, 3.63) is 23.8 Å². The SMILES string of the molecule is CNC1CC2(CCCC2)Oc2cccc(OCC(C)C)c21. The average molecular weight is 289 g/mol. The highest BCUT2D eigenvalue weighted by atomic mass is 16.5. The maximum atomic E-state index is 6.44. The van der Waals surface area contributed by atoms with Crippen LogP contribution < -0.4 is 14.8 Å². The molecule has 1 atom stereocenters. The van der Waals surface area contributed by atoms with Crippen molar-refractivity contribution < 1.29 is 9.47 Å². The largest absolute Gasteiger partial charge is 0.493 e. The molecule has 0 aromatic heterocycles. The average Bonchev–Trinajstić information content (AvgIpc) is 2.91. The fourth-order valence-corrected chi connectivity index (χ4v) is 3.66. The summed E-state index contributed by atoms with van der Waals surface area (Å²) in [5, 5.41) is 3.48. The van der Waals surface area contributed by atoms with Gasteiger partial charge < -0.3 is 14.8 Å². The van der Waals surface area contributed by atoms with Crippen LogP contribution in [0.5, 0.6) is 11.5 Å². The molecule has 1 saturated carbocycles. The van der Waals surface area contributed by atoms with Crippen LogP contribution in [0, 0.1) is 5.92 Å². The second kappa shape index (κ2) is 5.88. The smallest absolute Gasteiger partial charge is 0.128 e. The molecule has 2 aliphatic rings. The first-order chi connectivity index (χ1) is 10.1. The molecule has 1 aromatic rings. The molecular weight excluding hydrogens is 262 g/mol. The van der Waals surface area contributed by atoms with E-state index in [1.807, 2.05) is 7.05 Å². The molecule has 1 aliphatic carbocycles. The van der Waals surface area contributed by atoms with Crippen molar-refractivity contribution in [1.82, 2.24) is 5.32 Å². The number of fused-ring (bicyclic) bond motifs is 1. The highest BCUT2D eigenvalue weighted by Crippen LogP contribution is 2.49. The molecule has 1 aromatic carbocycles. The van der Waals surface area contributed by atoms with Gasteiger partial charge in [0.25, 0.3) is 0 Å². The highest BCUT2D eigenvalue weighted by Gasteiger charge is 2.43. The molecule has 1 heterocycles. The molecule has 1 aliphatic heterocycles. The number of benzene rings is 1. The minimum Gasteiger partial charge on any atom is -0.493 e. The molecule has 3 heteroatoms. The van der Waals surface area contributed by atoms with Gasteiger partial charge in [-0.2, -0.15) is 0 Å². The molecule has 0 radical (unpaired) electrons. The molecule has 21 heavy (non-hydrogen) atoms. The van der Waals surface area contributed by atoms with Gasteiger partial charge in [-0.15, -0.1) is 0 Å². The van der Waals surface area contributed by atoms with Crippen molar-refractivity contribution in [2.24, 2.45) is 5.92 Å². The zero-order valence-electron chi connectivity index (χ0n) is 13.4. The zero-order chi connectivity index (χ0) is 14.9. The highest BCUT2D eigenvalue weighted by molar-refractivity contribution is 5.49. The van der Waals surface area contributed by atoms with Crippen LogP contribution in [0.3, 0.4) is 0 Å². The number of nitrogens with one attached hydrogen (secondary N) is 1. The van der Waals surface area contributed by atoms with Gasteiger partial charge in [0.2, 0.25) is 0 Å². The summed E-state index contributed by atoms with van der Waals surface area (Å²) in [6.07, 6.45) is 5.99. The lowest BCUT2D eigenvalue weighted by Gasteiger charge is -2.40. The lowest BCUT2D eigenvalue weighted by molar-refractivity contribution is 0.0365. The predicted molar refractivity (Wildman–Crippen MR) is 85.0 cm³/mol. The minimum absolute atomic E-state index is 0.0529. The Morgan fingerprint density at radius 2 is 2.10 bits per heavy atom. The summed E-state index contributed by atoms with van der Waals surface area (Å²) in [5.41, 5.74) is 1.26. The van der Waals surface area contributed by atoms with Gasteiger partial charge in [-0.3, -0.25) is 0 Å². The summed E-state index contributed by atoms with van der Waals surface area (Å²) in [5.74, 6) is 2.52. The van der Waals surface area contributed by atoms with E-state index in [0.717, 1.165) is 24.5 Å². The first-order valence-electron chi connectivity index (χ1n) is 8.25. The second-order valence-corrected chi connectivity index (χ2v) is 6.91. The first-order valence-corrected chi connectivity index (χ1v) is 8.25. The van der Waals surface area contributed by atoms with E-state index in [9.17, 15) is 0 Å². The minimum atomic E-state index is 0.0529. The quantitative estimate of drug-likeness (QED) is 0.906. The Morgan fingerprint density at radius 3 is 2.76 bits per heavy atom. The van der Waals surface area contributed by atoms with E-state index >= 15 is 0 Å². The molecular formula is C18H27NO2. The van der Waals surface area contributed by atoms with Crippen molar-refractivity contribution in [2.75, 3.05) is 13.7 Å². The lowest BCUT2D eigenvalue weighted by atomic mass is 9.85. The van der Waals surface area contributed by atoms with Gasteiger partial charge in [0, 0.05) is 12.5 Å². The van der Waals surface area contributed by atoms with Crippen LogP contribution in [0.2, 0.25) is 0 Å². The molecule has 3 rings (SSSR count). The Kier molecular flexibility index (Phi) is 4.12. The maximum Gasteiger partial charge on any atom is 0.128 e. The molecule has 3 nitrogen and oxygen atoms in total. The van der Waals surface area contributed by atoms with Crippen LogP contribution in [-0.2, 0) is 0 Å². The summed E-state index contributed by atoms with van der Waals surface area (Å²) >= 11 is 0. The molecule has 1 unspecified atom stereocenters. The van der Waals surface area contributed by atoms with E-state index in [4.69, 9.17) is 9.47 Å². The standard InChI is InChI=1S/C18H27NO2/c1-13(2)12-20-15-7-6-8-16-17(15)14(19-3)11-18(21-16)9-4-5-10-18/h6-8,13-14,19H,4-5,9-12H2,1-3H3. The monoisotopic (exact) mass is 289 g/mol.